The first kappa shape index (κ1) is 20.9. The summed E-state index contributed by atoms with van der Waals surface area (Å²) in [4.78, 5) is 19.0. The lowest BCUT2D eigenvalue weighted by atomic mass is 9.84. The van der Waals surface area contributed by atoms with E-state index in [0.717, 1.165) is 22.6 Å². The van der Waals surface area contributed by atoms with Crippen molar-refractivity contribution in [1.82, 2.24) is 0 Å². The fraction of sp³-hybridized carbons (Fsp3) is 0.429. The third kappa shape index (κ3) is 3.98. The molecule has 1 fully saturated rings. The highest BCUT2D eigenvalue weighted by Crippen LogP contribution is 2.54. The molecule has 1 saturated heterocycles. The van der Waals surface area contributed by atoms with E-state index in [2.05, 4.69) is 6.07 Å². The normalized spacial score (nSPS) is 26.9. The van der Waals surface area contributed by atoms with Gasteiger partial charge in [0, 0.05) is 33.9 Å². The molecule has 0 saturated carbocycles. The molecule has 29 heavy (non-hydrogen) atoms. The van der Waals surface area contributed by atoms with Gasteiger partial charge in [-0.2, -0.15) is 0 Å². The van der Waals surface area contributed by atoms with Gasteiger partial charge in [-0.15, -0.1) is 0 Å². The molecule has 8 heteroatoms. The maximum atomic E-state index is 11.7. The number of hydrogen-bond donors (Lipinski definition) is 2. The maximum absolute atomic E-state index is 11.7. The molecule has 0 radical (unpaired) electrons. The summed E-state index contributed by atoms with van der Waals surface area (Å²) in [6.07, 6.45) is -0.626. The summed E-state index contributed by atoms with van der Waals surface area (Å²) in [7, 11) is -2.61. The fourth-order valence-electron chi connectivity index (χ4n) is 5.06. The van der Waals surface area contributed by atoms with Crippen molar-refractivity contribution in [3.05, 3.63) is 58.6 Å². The van der Waals surface area contributed by atoms with Gasteiger partial charge in [-0.3, -0.25) is 4.48 Å². The second kappa shape index (κ2) is 7.38. The van der Waals surface area contributed by atoms with Gasteiger partial charge in [-0.05, 0) is 24.3 Å². The van der Waals surface area contributed by atoms with E-state index in [4.69, 9.17) is 20.9 Å². The molecule has 4 unspecified atom stereocenters. The predicted molar refractivity (Wildman–Crippen MR) is 111 cm³/mol. The lowest BCUT2D eigenvalue weighted by molar-refractivity contribution is -0.945. The van der Waals surface area contributed by atoms with Crippen LogP contribution in [0.5, 0.6) is 11.5 Å². The molecule has 2 aliphatic rings. The molecule has 2 aromatic rings. The zero-order chi connectivity index (χ0) is 21.0. The third-order valence-electron chi connectivity index (χ3n) is 6.05. The molecular formula is C21H26ClNO5P+. The number of halogens is 1. The summed E-state index contributed by atoms with van der Waals surface area (Å²) < 4.78 is 23.6. The van der Waals surface area contributed by atoms with Crippen LogP contribution in [0.1, 0.15) is 36.8 Å². The summed E-state index contributed by atoms with van der Waals surface area (Å²) in [5.41, 5.74) is 2.13. The maximum Gasteiger partial charge on any atom is 0.474 e. The second-order valence-electron chi connectivity index (χ2n) is 8.61. The zero-order valence-electron chi connectivity index (χ0n) is 16.7. The number of fused-ring (bicyclic) bond motifs is 5. The number of rotatable bonds is 4. The van der Waals surface area contributed by atoms with E-state index in [1.807, 2.05) is 57.3 Å². The molecule has 0 aliphatic carbocycles. The van der Waals surface area contributed by atoms with Crippen molar-refractivity contribution in [1.29, 1.82) is 0 Å². The average Bonchev–Trinajstić information content (AvgIpc) is 2.93. The van der Waals surface area contributed by atoms with Crippen LogP contribution >= 0.6 is 19.4 Å². The number of likely N-dealkylation sites (tertiary alicyclic amines) is 1. The summed E-state index contributed by atoms with van der Waals surface area (Å²) in [6.45, 7) is 5.21. The summed E-state index contributed by atoms with van der Waals surface area (Å²) >= 11 is 6.31. The minimum absolute atomic E-state index is 0.0692. The highest BCUT2D eigenvalue weighted by Gasteiger charge is 2.53. The number of ether oxygens (including phenoxy) is 1. The number of quaternary nitrogens is 1. The molecule has 0 spiro atoms. The Labute approximate surface area is 175 Å². The van der Waals surface area contributed by atoms with Gasteiger partial charge in [0.2, 0.25) is 6.23 Å². The van der Waals surface area contributed by atoms with Gasteiger partial charge in [0.05, 0.1) is 20.1 Å². The molecule has 4 rings (SSSR count). The molecule has 4 atom stereocenters. The Morgan fingerprint density at radius 3 is 2.38 bits per heavy atom. The number of hydrogen-bond acceptors (Lipinski definition) is 3. The molecule has 2 aromatic carbocycles. The number of phosphoric acid groups is 1. The minimum Gasteiger partial charge on any atom is -0.457 e. The van der Waals surface area contributed by atoms with Crippen LogP contribution in [0.25, 0.3) is 0 Å². The Bertz CT molecular complexity index is 977. The Hall–Kier alpha value is -1.40. The Morgan fingerprint density at radius 2 is 1.72 bits per heavy atom. The van der Waals surface area contributed by atoms with Crippen molar-refractivity contribution >= 4 is 19.4 Å². The van der Waals surface area contributed by atoms with Crippen molar-refractivity contribution in [2.24, 2.45) is 5.92 Å². The van der Waals surface area contributed by atoms with Crippen molar-refractivity contribution < 1.29 is 28.1 Å². The van der Waals surface area contributed by atoms with Crippen molar-refractivity contribution in [2.45, 2.75) is 31.9 Å². The van der Waals surface area contributed by atoms with Gasteiger partial charge >= 0.3 is 7.82 Å². The third-order valence-corrected chi connectivity index (χ3v) is 6.78. The van der Waals surface area contributed by atoms with Crippen LogP contribution in [0.4, 0.5) is 0 Å². The first-order chi connectivity index (χ1) is 13.6. The first-order valence-corrected chi connectivity index (χ1v) is 11.6. The summed E-state index contributed by atoms with van der Waals surface area (Å²) in [6, 6.07) is 13.6. The smallest absolute Gasteiger partial charge is 0.457 e. The topological polar surface area (TPSA) is 76.0 Å². The summed E-state index contributed by atoms with van der Waals surface area (Å²) in [5, 5.41) is 0.644. The van der Waals surface area contributed by atoms with Crippen LogP contribution in [-0.4, -0.2) is 40.6 Å². The monoisotopic (exact) mass is 438 g/mol. The molecule has 156 valence electrons. The van der Waals surface area contributed by atoms with E-state index in [1.54, 1.807) is 0 Å². The van der Waals surface area contributed by atoms with Crippen LogP contribution in [0, 0.1) is 5.92 Å². The summed E-state index contributed by atoms with van der Waals surface area (Å²) in [5.74, 6) is 1.74. The van der Waals surface area contributed by atoms with E-state index in [9.17, 15) is 14.4 Å². The van der Waals surface area contributed by atoms with Gasteiger partial charge in [-0.1, -0.05) is 43.6 Å². The lowest BCUT2D eigenvalue weighted by Crippen LogP contribution is -2.54. The van der Waals surface area contributed by atoms with Crippen molar-refractivity contribution in [2.75, 3.05) is 20.1 Å². The molecule has 0 amide bonds. The van der Waals surface area contributed by atoms with E-state index in [-0.39, 0.29) is 17.8 Å². The number of phosphoric ester groups is 1. The Balaban J connectivity index is 1.82. The number of benzene rings is 2. The molecule has 0 aromatic heterocycles. The van der Waals surface area contributed by atoms with Crippen LogP contribution < -0.4 is 4.74 Å². The highest BCUT2D eigenvalue weighted by molar-refractivity contribution is 7.46. The van der Waals surface area contributed by atoms with E-state index >= 15 is 0 Å². The molecule has 2 aliphatic heterocycles. The lowest BCUT2D eigenvalue weighted by Gasteiger charge is -2.40. The van der Waals surface area contributed by atoms with Gasteiger partial charge < -0.3 is 14.5 Å². The van der Waals surface area contributed by atoms with Gasteiger partial charge in [0.1, 0.15) is 11.5 Å². The zero-order valence-corrected chi connectivity index (χ0v) is 18.3. The van der Waals surface area contributed by atoms with Crippen molar-refractivity contribution in [3.8, 4) is 11.5 Å². The van der Waals surface area contributed by atoms with E-state index < -0.39 is 14.1 Å². The SMILES string of the molecule is CC(C)C(OP(=O)(O)O)[N+]1(C)CC2c3ccccc3Oc3ccc(Cl)cc3C2C1. The van der Waals surface area contributed by atoms with E-state index in [0.29, 0.717) is 22.6 Å². The van der Waals surface area contributed by atoms with Crippen LogP contribution in [0.15, 0.2) is 42.5 Å². The van der Waals surface area contributed by atoms with Gasteiger partial charge in [0.25, 0.3) is 0 Å². The van der Waals surface area contributed by atoms with Gasteiger partial charge in [-0.25, -0.2) is 9.09 Å². The largest absolute Gasteiger partial charge is 0.474 e. The quantitative estimate of drug-likeness (QED) is 0.526. The van der Waals surface area contributed by atoms with Crippen LogP contribution in [0.2, 0.25) is 5.02 Å². The Kier molecular flexibility index (Phi) is 5.31. The number of nitrogens with zero attached hydrogens (tertiary/aromatic N) is 1. The van der Waals surface area contributed by atoms with Crippen molar-refractivity contribution in [3.63, 3.8) is 0 Å². The number of likely N-dealkylation sites (N-methyl/N-ethyl adjacent to an activating group) is 1. The average molecular weight is 439 g/mol. The fourth-order valence-corrected chi connectivity index (χ4v) is 5.99. The van der Waals surface area contributed by atoms with Crippen LogP contribution in [0.3, 0.4) is 0 Å². The molecule has 6 nitrogen and oxygen atoms in total. The molecule has 0 bridgehead atoms. The van der Waals surface area contributed by atoms with Crippen LogP contribution in [-0.2, 0) is 9.09 Å². The van der Waals surface area contributed by atoms with E-state index in [1.165, 1.54) is 0 Å². The number of para-hydroxylation sites is 1. The molecule has 2 N–H and O–H groups in total. The molecule has 2 heterocycles. The Morgan fingerprint density at radius 1 is 1.10 bits per heavy atom. The van der Waals surface area contributed by atoms with Gasteiger partial charge in [0.15, 0.2) is 0 Å². The standard InChI is InChI=1S/C21H25ClNO5P/c1-13(2)21(28-29(24,25)26)23(3)11-17-15-6-4-5-7-19(15)27-20-9-8-14(22)10-16(20)18(17)12-23/h4-10,13,17-18,21H,11-12H2,1-3H3,(H-,24,25,26)/p+1. The predicted octanol–water partition coefficient (Wildman–Crippen LogP) is 4.86. The molecular weight excluding hydrogens is 413 g/mol. The first-order valence-electron chi connectivity index (χ1n) is 9.72. The second-order valence-corrected chi connectivity index (χ2v) is 10.2. The minimum atomic E-state index is -4.62. The highest BCUT2D eigenvalue weighted by atomic mass is 35.5.